The highest BCUT2D eigenvalue weighted by Gasteiger charge is 2.22. The van der Waals surface area contributed by atoms with Gasteiger partial charge in [0.2, 0.25) is 10.0 Å². The van der Waals surface area contributed by atoms with Crippen molar-refractivity contribution in [2.75, 3.05) is 20.6 Å². The first-order valence-electron chi connectivity index (χ1n) is 9.27. The van der Waals surface area contributed by atoms with E-state index >= 15 is 0 Å². The lowest BCUT2D eigenvalue weighted by Crippen LogP contribution is -2.39. The Bertz CT molecular complexity index is 671. The van der Waals surface area contributed by atoms with Gasteiger partial charge in [-0.3, -0.25) is 4.99 Å². The second-order valence-electron chi connectivity index (χ2n) is 6.75. The molecule has 6 nitrogen and oxygen atoms in total. The van der Waals surface area contributed by atoms with Crippen LogP contribution in [-0.2, 0) is 16.6 Å². The first-order valence-corrected chi connectivity index (χ1v) is 10.7. The van der Waals surface area contributed by atoms with Gasteiger partial charge >= 0.3 is 0 Å². The van der Waals surface area contributed by atoms with Crippen molar-refractivity contribution in [1.29, 1.82) is 0 Å². The third-order valence-electron chi connectivity index (χ3n) is 4.72. The lowest BCUT2D eigenvalue weighted by atomic mass is 10.0. The van der Waals surface area contributed by atoms with Crippen LogP contribution in [-0.4, -0.2) is 45.4 Å². The van der Waals surface area contributed by atoms with E-state index in [1.165, 1.54) is 4.31 Å². The lowest BCUT2D eigenvalue weighted by Gasteiger charge is -2.21. The molecule has 0 unspecified atom stereocenters. The van der Waals surface area contributed by atoms with Crippen LogP contribution in [0.1, 0.15) is 46.1 Å². The van der Waals surface area contributed by atoms with E-state index in [-0.39, 0.29) is 30.0 Å². The molecule has 0 fully saturated rings. The summed E-state index contributed by atoms with van der Waals surface area (Å²) in [7, 11) is -0.0863. The SMILES string of the molecule is CCC(CC)CNC(=NC)NCc1ccc(S(=O)(=O)N(C)C(C)C)cc1.I. The minimum atomic E-state index is -3.44. The fourth-order valence-corrected chi connectivity index (χ4v) is 3.82. The molecular formula is C19H35IN4O2S. The molecule has 0 atom stereocenters. The molecule has 1 aromatic rings. The molecule has 8 heteroatoms. The summed E-state index contributed by atoms with van der Waals surface area (Å²) in [6.07, 6.45) is 2.28. The molecule has 1 rings (SSSR count). The number of sulfonamides is 1. The first-order chi connectivity index (χ1) is 12.3. The molecule has 156 valence electrons. The number of aliphatic imine (C=N–C) groups is 1. The van der Waals surface area contributed by atoms with Gasteiger partial charge in [0.1, 0.15) is 0 Å². The highest BCUT2D eigenvalue weighted by Crippen LogP contribution is 2.17. The van der Waals surface area contributed by atoms with Gasteiger partial charge < -0.3 is 10.6 Å². The van der Waals surface area contributed by atoms with Crippen LogP contribution in [0, 0.1) is 5.92 Å². The van der Waals surface area contributed by atoms with Crippen LogP contribution >= 0.6 is 24.0 Å². The van der Waals surface area contributed by atoms with Gasteiger partial charge in [-0.1, -0.05) is 38.8 Å². The monoisotopic (exact) mass is 510 g/mol. The van der Waals surface area contributed by atoms with Gasteiger partial charge in [0.15, 0.2) is 5.96 Å². The van der Waals surface area contributed by atoms with E-state index in [9.17, 15) is 8.42 Å². The van der Waals surface area contributed by atoms with Gasteiger partial charge in [-0.25, -0.2) is 8.42 Å². The molecule has 2 N–H and O–H groups in total. The number of hydrogen-bond acceptors (Lipinski definition) is 3. The van der Waals surface area contributed by atoms with Crippen molar-refractivity contribution in [3.8, 4) is 0 Å². The normalized spacial score (nSPS) is 12.4. The average Bonchev–Trinajstić information content (AvgIpc) is 2.64. The Morgan fingerprint density at radius 1 is 1.11 bits per heavy atom. The summed E-state index contributed by atoms with van der Waals surface area (Å²) in [5.41, 5.74) is 1.00. The molecule has 0 radical (unpaired) electrons. The van der Waals surface area contributed by atoms with E-state index in [0.29, 0.717) is 17.4 Å². The standard InChI is InChI=1S/C19H34N4O2S.HI/c1-7-16(8-2)13-21-19(20-5)22-14-17-9-11-18(12-10-17)26(24,25)23(6)15(3)4;/h9-12,15-16H,7-8,13-14H2,1-6H3,(H2,20,21,22);1H. The van der Waals surface area contributed by atoms with Gasteiger partial charge in [0.25, 0.3) is 0 Å². The van der Waals surface area contributed by atoms with Crippen LogP contribution < -0.4 is 10.6 Å². The van der Waals surface area contributed by atoms with Gasteiger partial charge in [-0.15, -0.1) is 24.0 Å². The first kappa shape index (κ1) is 26.1. The van der Waals surface area contributed by atoms with Crippen molar-refractivity contribution in [3.05, 3.63) is 29.8 Å². The number of guanidine groups is 1. The molecule has 0 aliphatic rings. The molecule has 0 saturated heterocycles. The van der Waals surface area contributed by atoms with Crippen LogP contribution in [0.2, 0.25) is 0 Å². The van der Waals surface area contributed by atoms with Crippen LogP contribution in [0.15, 0.2) is 34.2 Å². The van der Waals surface area contributed by atoms with Crippen LogP contribution in [0.4, 0.5) is 0 Å². The van der Waals surface area contributed by atoms with Crippen molar-refractivity contribution in [2.45, 2.75) is 58.0 Å². The number of halogens is 1. The maximum Gasteiger partial charge on any atom is 0.243 e. The molecule has 0 aliphatic heterocycles. The second kappa shape index (κ2) is 12.6. The van der Waals surface area contributed by atoms with Crippen molar-refractivity contribution in [1.82, 2.24) is 14.9 Å². The molecule has 0 amide bonds. The molecule has 0 bridgehead atoms. The van der Waals surface area contributed by atoms with Crippen molar-refractivity contribution in [3.63, 3.8) is 0 Å². The highest BCUT2D eigenvalue weighted by molar-refractivity contribution is 14.0. The number of hydrogen-bond donors (Lipinski definition) is 2. The van der Waals surface area contributed by atoms with E-state index < -0.39 is 10.0 Å². The summed E-state index contributed by atoms with van der Waals surface area (Å²) in [4.78, 5) is 4.55. The maximum atomic E-state index is 12.5. The molecule has 0 saturated carbocycles. The summed E-state index contributed by atoms with van der Waals surface area (Å²) >= 11 is 0. The van der Waals surface area contributed by atoms with Gasteiger partial charge in [0, 0.05) is 33.2 Å². The minimum Gasteiger partial charge on any atom is -0.356 e. The largest absolute Gasteiger partial charge is 0.356 e. The zero-order chi connectivity index (χ0) is 19.7. The molecule has 27 heavy (non-hydrogen) atoms. The highest BCUT2D eigenvalue weighted by atomic mass is 127. The fraction of sp³-hybridized carbons (Fsp3) is 0.632. The van der Waals surface area contributed by atoms with Crippen molar-refractivity contribution >= 4 is 40.0 Å². The Hall–Kier alpha value is -0.870. The van der Waals surface area contributed by atoms with E-state index in [4.69, 9.17) is 0 Å². The van der Waals surface area contributed by atoms with E-state index in [1.807, 2.05) is 26.0 Å². The fourth-order valence-electron chi connectivity index (χ4n) is 2.45. The van der Waals surface area contributed by atoms with E-state index in [0.717, 1.165) is 30.9 Å². The average molecular weight is 510 g/mol. The Morgan fingerprint density at radius 2 is 1.67 bits per heavy atom. The van der Waals surface area contributed by atoms with Crippen LogP contribution in [0.25, 0.3) is 0 Å². The minimum absolute atomic E-state index is 0. The molecule has 0 aliphatic carbocycles. The van der Waals surface area contributed by atoms with Crippen molar-refractivity contribution in [2.24, 2.45) is 10.9 Å². The quantitative estimate of drug-likeness (QED) is 0.303. The van der Waals surface area contributed by atoms with Crippen LogP contribution in [0.3, 0.4) is 0 Å². The molecule has 1 aromatic carbocycles. The zero-order valence-electron chi connectivity index (χ0n) is 17.3. The Labute approximate surface area is 182 Å². The predicted molar refractivity (Wildman–Crippen MR) is 124 cm³/mol. The van der Waals surface area contributed by atoms with Gasteiger partial charge in [0.05, 0.1) is 4.90 Å². The smallest absolute Gasteiger partial charge is 0.243 e. The third-order valence-corrected chi connectivity index (χ3v) is 6.77. The summed E-state index contributed by atoms with van der Waals surface area (Å²) in [5, 5.41) is 6.61. The lowest BCUT2D eigenvalue weighted by molar-refractivity contribution is 0.410. The molecule has 0 aromatic heterocycles. The zero-order valence-corrected chi connectivity index (χ0v) is 20.5. The predicted octanol–water partition coefficient (Wildman–Crippen LogP) is 3.43. The second-order valence-corrected chi connectivity index (χ2v) is 8.75. The summed E-state index contributed by atoms with van der Waals surface area (Å²) in [5.74, 6) is 1.39. The topological polar surface area (TPSA) is 73.8 Å². The summed E-state index contributed by atoms with van der Waals surface area (Å²) in [6.45, 7) is 9.58. The maximum absolute atomic E-state index is 12.5. The summed E-state index contributed by atoms with van der Waals surface area (Å²) in [6, 6.07) is 6.91. The Morgan fingerprint density at radius 3 is 2.11 bits per heavy atom. The summed E-state index contributed by atoms with van der Waals surface area (Å²) < 4.78 is 26.3. The van der Waals surface area contributed by atoms with Gasteiger partial charge in [-0.05, 0) is 37.5 Å². The van der Waals surface area contributed by atoms with Gasteiger partial charge in [-0.2, -0.15) is 4.31 Å². The number of benzene rings is 1. The third kappa shape index (κ3) is 7.95. The van der Waals surface area contributed by atoms with E-state index in [2.05, 4.69) is 29.5 Å². The molecule has 0 heterocycles. The van der Waals surface area contributed by atoms with Crippen molar-refractivity contribution < 1.29 is 8.42 Å². The number of nitrogens with zero attached hydrogens (tertiary/aromatic N) is 2. The Kier molecular flexibility index (Phi) is 12.2. The molecular weight excluding hydrogens is 475 g/mol. The molecule has 0 spiro atoms. The van der Waals surface area contributed by atoms with Crippen LogP contribution in [0.5, 0.6) is 0 Å². The number of rotatable bonds is 9. The number of nitrogens with one attached hydrogen (secondary N) is 2. The Balaban J connectivity index is 0.00000676. The van der Waals surface area contributed by atoms with E-state index in [1.54, 1.807) is 26.2 Å².